The molecule has 0 aliphatic rings. The summed E-state index contributed by atoms with van der Waals surface area (Å²) >= 11 is 0. The van der Waals surface area contributed by atoms with Crippen LogP contribution in [0.25, 0.3) is 0 Å². The third kappa shape index (κ3) is 4.47. The van der Waals surface area contributed by atoms with Crippen molar-refractivity contribution in [1.82, 2.24) is 0 Å². The van der Waals surface area contributed by atoms with Crippen LogP contribution >= 0.6 is 0 Å². The van der Waals surface area contributed by atoms with E-state index in [1.807, 2.05) is 0 Å². The summed E-state index contributed by atoms with van der Waals surface area (Å²) in [6.45, 7) is 2.51. The minimum absolute atomic E-state index is 0.202. The molecule has 0 amide bonds. The molecule has 0 spiro atoms. The van der Waals surface area contributed by atoms with Gasteiger partial charge in [-0.15, -0.1) is 0 Å². The molecule has 0 radical (unpaired) electrons. The van der Waals surface area contributed by atoms with Gasteiger partial charge in [-0.25, -0.2) is 0 Å². The monoisotopic (exact) mass is 164 g/mol. The molecule has 0 aliphatic carbocycles. The van der Waals surface area contributed by atoms with Gasteiger partial charge in [-0.05, 0) is 6.92 Å². The van der Waals surface area contributed by atoms with Gasteiger partial charge in [0.05, 0.1) is 0 Å². The SMILES string of the molecule is CCC(=O)OCC(C)=C(F)F. The molecule has 0 atom stereocenters. The number of ether oxygens (including phenoxy) is 1. The van der Waals surface area contributed by atoms with E-state index in [0.29, 0.717) is 0 Å². The average molecular weight is 164 g/mol. The zero-order chi connectivity index (χ0) is 8.85. The van der Waals surface area contributed by atoms with Crippen molar-refractivity contribution in [3.05, 3.63) is 11.7 Å². The van der Waals surface area contributed by atoms with Crippen LogP contribution in [0.4, 0.5) is 8.78 Å². The van der Waals surface area contributed by atoms with Crippen LogP contribution in [0, 0.1) is 0 Å². The van der Waals surface area contributed by atoms with Crippen LogP contribution < -0.4 is 0 Å². The number of carbonyl (C=O) groups excluding carboxylic acids is 1. The van der Waals surface area contributed by atoms with E-state index in [1.165, 1.54) is 6.92 Å². The number of hydrogen-bond acceptors (Lipinski definition) is 2. The maximum absolute atomic E-state index is 11.7. The van der Waals surface area contributed by atoms with E-state index in [0.717, 1.165) is 0 Å². The van der Waals surface area contributed by atoms with Gasteiger partial charge in [0.1, 0.15) is 6.61 Å². The van der Waals surface area contributed by atoms with Crippen molar-refractivity contribution in [1.29, 1.82) is 0 Å². The zero-order valence-corrected chi connectivity index (χ0v) is 6.49. The number of carbonyl (C=O) groups is 1. The van der Waals surface area contributed by atoms with E-state index < -0.39 is 12.0 Å². The molecule has 0 unspecified atom stereocenters. The van der Waals surface area contributed by atoms with Gasteiger partial charge in [0.15, 0.2) is 0 Å². The summed E-state index contributed by atoms with van der Waals surface area (Å²) in [5.41, 5.74) is -0.202. The van der Waals surface area contributed by atoms with Gasteiger partial charge >= 0.3 is 5.97 Å². The maximum atomic E-state index is 11.7. The summed E-state index contributed by atoms with van der Waals surface area (Å²) in [7, 11) is 0. The first-order valence-electron chi connectivity index (χ1n) is 3.24. The Balaban J connectivity index is 3.72. The molecule has 0 saturated carbocycles. The highest BCUT2D eigenvalue weighted by molar-refractivity contribution is 5.69. The van der Waals surface area contributed by atoms with E-state index >= 15 is 0 Å². The smallest absolute Gasteiger partial charge is 0.305 e. The Labute approximate surface area is 63.8 Å². The van der Waals surface area contributed by atoms with E-state index in [4.69, 9.17) is 0 Å². The molecule has 0 aromatic rings. The normalized spacial score (nSPS) is 9.09. The van der Waals surface area contributed by atoms with Crippen molar-refractivity contribution in [2.75, 3.05) is 6.61 Å². The molecule has 64 valence electrons. The van der Waals surface area contributed by atoms with Gasteiger partial charge in [-0.3, -0.25) is 4.79 Å². The number of hydrogen-bond donors (Lipinski definition) is 0. The van der Waals surface area contributed by atoms with Crippen molar-refractivity contribution < 1.29 is 18.3 Å². The molecule has 0 aromatic heterocycles. The second-order valence-corrected chi connectivity index (χ2v) is 2.05. The van der Waals surface area contributed by atoms with Crippen LogP contribution in [0.15, 0.2) is 11.7 Å². The topological polar surface area (TPSA) is 26.3 Å². The van der Waals surface area contributed by atoms with Crippen molar-refractivity contribution in [3.63, 3.8) is 0 Å². The van der Waals surface area contributed by atoms with Crippen molar-refractivity contribution in [2.24, 2.45) is 0 Å². The predicted octanol–water partition coefficient (Wildman–Crippen LogP) is 2.11. The summed E-state index contributed by atoms with van der Waals surface area (Å²) < 4.78 is 27.8. The van der Waals surface area contributed by atoms with Crippen molar-refractivity contribution in [3.8, 4) is 0 Å². The Hall–Kier alpha value is -0.930. The van der Waals surface area contributed by atoms with E-state index in [9.17, 15) is 13.6 Å². The molecule has 0 bridgehead atoms. The van der Waals surface area contributed by atoms with Gasteiger partial charge in [0.25, 0.3) is 6.08 Å². The molecular weight excluding hydrogens is 154 g/mol. The minimum atomic E-state index is -1.78. The molecule has 0 aromatic carbocycles. The highest BCUT2D eigenvalue weighted by Gasteiger charge is 2.02. The first-order chi connectivity index (χ1) is 5.07. The highest BCUT2D eigenvalue weighted by Crippen LogP contribution is 2.06. The Morgan fingerprint density at radius 1 is 1.45 bits per heavy atom. The van der Waals surface area contributed by atoms with Crippen LogP contribution in [0.1, 0.15) is 20.3 Å². The van der Waals surface area contributed by atoms with Crippen LogP contribution in [-0.4, -0.2) is 12.6 Å². The number of halogens is 2. The van der Waals surface area contributed by atoms with Gasteiger partial charge in [0, 0.05) is 12.0 Å². The Kier molecular flexibility index (Phi) is 4.41. The Morgan fingerprint density at radius 3 is 2.36 bits per heavy atom. The first-order valence-corrected chi connectivity index (χ1v) is 3.24. The Morgan fingerprint density at radius 2 is 2.00 bits per heavy atom. The molecule has 11 heavy (non-hydrogen) atoms. The van der Waals surface area contributed by atoms with E-state index in [1.54, 1.807) is 6.92 Å². The van der Waals surface area contributed by atoms with E-state index in [2.05, 4.69) is 4.74 Å². The zero-order valence-electron chi connectivity index (χ0n) is 6.49. The van der Waals surface area contributed by atoms with Crippen molar-refractivity contribution in [2.45, 2.75) is 20.3 Å². The fourth-order valence-corrected chi connectivity index (χ4v) is 0.345. The molecular formula is C7H10F2O2. The highest BCUT2D eigenvalue weighted by atomic mass is 19.3. The fraction of sp³-hybridized carbons (Fsp3) is 0.571. The minimum Gasteiger partial charge on any atom is -0.461 e. The Bertz CT molecular complexity index is 171. The largest absolute Gasteiger partial charge is 0.461 e. The third-order valence-electron chi connectivity index (χ3n) is 1.06. The van der Waals surface area contributed by atoms with Gasteiger partial charge < -0.3 is 4.74 Å². The molecule has 0 fully saturated rings. The molecule has 0 rings (SSSR count). The van der Waals surface area contributed by atoms with Gasteiger partial charge in [-0.1, -0.05) is 6.92 Å². The molecule has 0 heterocycles. The summed E-state index contributed by atoms with van der Waals surface area (Å²) in [5.74, 6) is -0.467. The lowest BCUT2D eigenvalue weighted by Crippen LogP contribution is -2.04. The summed E-state index contributed by atoms with van der Waals surface area (Å²) in [5, 5.41) is 0. The van der Waals surface area contributed by atoms with Crippen LogP contribution in [0.2, 0.25) is 0 Å². The van der Waals surface area contributed by atoms with E-state index in [-0.39, 0.29) is 18.6 Å². The summed E-state index contributed by atoms with van der Waals surface area (Å²) in [4.78, 5) is 10.4. The lowest BCUT2D eigenvalue weighted by atomic mass is 10.4. The van der Waals surface area contributed by atoms with Crippen LogP contribution in [-0.2, 0) is 9.53 Å². The van der Waals surface area contributed by atoms with Crippen LogP contribution in [0.3, 0.4) is 0 Å². The standard InChI is InChI=1S/C7H10F2O2/c1-3-6(10)11-4-5(2)7(8)9/h3-4H2,1-2H3. The lowest BCUT2D eigenvalue weighted by Gasteiger charge is -2.01. The summed E-state index contributed by atoms with van der Waals surface area (Å²) in [6, 6.07) is 0. The maximum Gasteiger partial charge on any atom is 0.305 e. The molecule has 0 N–H and O–H groups in total. The molecule has 0 saturated heterocycles. The molecule has 2 nitrogen and oxygen atoms in total. The molecule has 4 heteroatoms. The molecule has 0 aliphatic heterocycles. The first kappa shape index (κ1) is 10.1. The quantitative estimate of drug-likeness (QED) is 0.597. The average Bonchev–Trinajstić information content (AvgIpc) is 1.99. The number of esters is 1. The number of rotatable bonds is 3. The second-order valence-electron chi connectivity index (χ2n) is 2.05. The van der Waals surface area contributed by atoms with Gasteiger partial charge in [0.2, 0.25) is 0 Å². The van der Waals surface area contributed by atoms with Crippen LogP contribution in [0.5, 0.6) is 0 Å². The fourth-order valence-electron chi connectivity index (χ4n) is 0.345. The second kappa shape index (κ2) is 4.82. The lowest BCUT2D eigenvalue weighted by molar-refractivity contribution is -0.142. The van der Waals surface area contributed by atoms with Crippen molar-refractivity contribution >= 4 is 5.97 Å². The predicted molar refractivity (Wildman–Crippen MR) is 36.2 cm³/mol. The van der Waals surface area contributed by atoms with Gasteiger partial charge in [-0.2, -0.15) is 8.78 Å². The third-order valence-corrected chi connectivity index (χ3v) is 1.06. The summed E-state index contributed by atoms with van der Waals surface area (Å²) in [6.07, 6.45) is -1.57.